The summed E-state index contributed by atoms with van der Waals surface area (Å²) in [6.45, 7) is 16.1. The number of benzene rings is 2. The van der Waals surface area contributed by atoms with E-state index in [1.165, 1.54) is 25.7 Å². The van der Waals surface area contributed by atoms with Crippen LogP contribution in [0.15, 0.2) is 36.4 Å². The molecule has 0 saturated carbocycles. The maximum Gasteiger partial charge on any atom is 0.279 e. The molecule has 1 saturated heterocycles. The number of unbranched alkanes of at least 4 members (excludes halogenated alkanes) is 7. The molecule has 1 aliphatic heterocycles. The molecule has 7 nitrogen and oxygen atoms in total. The highest BCUT2D eigenvalue weighted by atomic mass is 16.3. The smallest absolute Gasteiger partial charge is 0.279 e. The molecule has 7 heteroatoms. The van der Waals surface area contributed by atoms with Crippen molar-refractivity contribution in [3.8, 4) is 0 Å². The minimum Gasteiger partial charge on any atom is -0.396 e. The van der Waals surface area contributed by atoms with E-state index in [-0.39, 0.29) is 24.5 Å². The van der Waals surface area contributed by atoms with Gasteiger partial charge in [-0.1, -0.05) is 75.4 Å². The van der Waals surface area contributed by atoms with Gasteiger partial charge in [-0.3, -0.25) is 14.5 Å². The first kappa shape index (κ1) is 39.7. The summed E-state index contributed by atoms with van der Waals surface area (Å²) in [4.78, 5) is 29.5. The van der Waals surface area contributed by atoms with Gasteiger partial charge in [0.2, 0.25) is 5.91 Å². The van der Waals surface area contributed by atoms with Crippen LogP contribution in [0.4, 0.5) is 11.4 Å². The average Bonchev–Trinajstić information content (AvgIpc) is 3.30. The summed E-state index contributed by atoms with van der Waals surface area (Å²) in [5.41, 5.74) is 6.34. The normalized spacial score (nSPS) is 16.7. The Hall–Kier alpha value is -2.74. The summed E-state index contributed by atoms with van der Waals surface area (Å²) in [6, 6.07) is 12.3. The number of aliphatic hydroxyl groups is 1. The third kappa shape index (κ3) is 12.9. The lowest BCUT2D eigenvalue weighted by atomic mass is 10.1. The monoisotopic (exact) mass is 664 g/mol. The number of quaternary nitrogens is 1. The molecule has 0 radical (unpaired) electrons. The third-order valence-corrected chi connectivity index (χ3v) is 10.5. The molecule has 268 valence electrons. The molecule has 1 fully saturated rings. The predicted molar refractivity (Wildman–Crippen MR) is 202 cm³/mol. The van der Waals surface area contributed by atoms with Crippen molar-refractivity contribution >= 4 is 23.2 Å². The molecule has 3 rings (SSSR count). The molecule has 2 amide bonds. The number of aliphatic hydroxyl groups excluding tert-OH is 1. The van der Waals surface area contributed by atoms with Gasteiger partial charge in [0.1, 0.15) is 0 Å². The molecule has 2 aromatic rings. The van der Waals surface area contributed by atoms with Crippen LogP contribution >= 0.6 is 0 Å². The molecule has 3 N–H and O–H groups in total. The molecule has 2 unspecified atom stereocenters. The summed E-state index contributed by atoms with van der Waals surface area (Å²) < 4.78 is 0.807. The molecule has 1 aliphatic rings. The molecular formula is C41H67N4O3+. The SMILES string of the molecule is CCCCC[N+](CCCCO)(CCCCCCCN1CCCCCC1C(=O)Nc1c(C)cccc1C)CC(=O)Nc1c(C)cccc1C. The van der Waals surface area contributed by atoms with Gasteiger partial charge in [-0.2, -0.15) is 0 Å². The van der Waals surface area contributed by atoms with Crippen LogP contribution in [-0.2, 0) is 9.59 Å². The van der Waals surface area contributed by atoms with Gasteiger partial charge >= 0.3 is 0 Å². The second-order valence-corrected chi connectivity index (χ2v) is 14.5. The summed E-state index contributed by atoms with van der Waals surface area (Å²) in [5, 5.41) is 16.1. The van der Waals surface area contributed by atoms with Gasteiger partial charge in [0.15, 0.2) is 6.54 Å². The minimum absolute atomic E-state index is 0.0546. The molecule has 0 aliphatic carbocycles. The van der Waals surface area contributed by atoms with Crippen molar-refractivity contribution in [2.24, 2.45) is 0 Å². The molecular weight excluding hydrogens is 596 g/mol. The van der Waals surface area contributed by atoms with Crippen molar-refractivity contribution < 1.29 is 19.2 Å². The topological polar surface area (TPSA) is 81.7 Å². The Morgan fingerprint density at radius 3 is 1.88 bits per heavy atom. The number of carbonyl (C=O) groups excluding carboxylic acids is 2. The van der Waals surface area contributed by atoms with Crippen LogP contribution in [0, 0.1) is 27.7 Å². The van der Waals surface area contributed by atoms with E-state index in [9.17, 15) is 14.7 Å². The lowest BCUT2D eigenvalue weighted by Gasteiger charge is -2.39. The van der Waals surface area contributed by atoms with E-state index < -0.39 is 0 Å². The van der Waals surface area contributed by atoms with E-state index >= 15 is 0 Å². The van der Waals surface area contributed by atoms with Crippen molar-refractivity contribution in [2.45, 2.75) is 131 Å². The maximum absolute atomic E-state index is 13.5. The van der Waals surface area contributed by atoms with Gasteiger partial charge < -0.3 is 20.2 Å². The fourth-order valence-electron chi connectivity index (χ4n) is 7.57. The number of hydrogen-bond acceptors (Lipinski definition) is 4. The highest BCUT2D eigenvalue weighted by Gasteiger charge is 2.30. The number of nitrogens with one attached hydrogen (secondary N) is 2. The Bertz CT molecular complexity index is 1210. The van der Waals surface area contributed by atoms with E-state index in [1.54, 1.807) is 0 Å². The first-order chi connectivity index (χ1) is 23.2. The Balaban J connectivity index is 1.54. The molecule has 0 spiro atoms. The number of nitrogens with zero attached hydrogens (tertiary/aromatic N) is 2. The van der Waals surface area contributed by atoms with Gasteiger partial charge in [-0.25, -0.2) is 0 Å². The fourth-order valence-corrected chi connectivity index (χ4v) is 7.57. The predicted octanol–water partition coefficient (Wildman–Crippen LogP) is 8.47. The average molecular weight is 664 g/mol. The van der Waals surface area contributed by atoms with Crippen LogP contribution < -0.4 is 10.6 Å². The first-order valence-electron chi connectivity index (χ1n) is 19.1. The number of anilines is 2. The summed E-state index contributed by atoms with van der Waals surface area (Å²) in [6.07, 6.45) is 15.3. The van der Waals surface area contributed by atoms with Crippen LogP contribution in [0.25, 0.3) is 0 Å². The summed E-state index contributed by atoms with van der Waals surface area (Å²) in [5.74, 6) is 0.246. The number of carbonyl (C=O) groups is 2. The standard InChI is InChI=1S/C41H66N4O3/c1-6-7-15-28-45(30-17-18-31-46,32-38(47)42-39-33(2)21-19-22-34(39)3)29-16-10-8-9-13-26-44-27-14-11-12-25-37(44)41(48)43-40-35(4)23-20-24-36(40)5/h19-24,37,46H,6-18,25-32H2,1-5H3,(H-,42,43,47,48)/p+1. The largest absolute Gasteiger partial charge is 0.396 e. The van der Waals surface area contributed by atoms with Crippen molar-refractivity contribution in [1.82, 2.24) is 4.90 Å². The van der Waals surface area contributed by atoms with Crippen LogP contribution in [0.1, 0.15) is 119 Å². The molecule has 48 heavy (non-hydrogen) atoms. The van der Waals surface area contributed by atoms with E-state index in [0.717, 1.165) is 135 Å². The van der Waals surface area contributed by atoms with Crippen molar-refractivity contribution in [1.29, 1.82) is 0 Å². The van der Waals surface area contributed by atoms with Crippen molar-refractivity contribution in [2.75, 3.05) is 56.5 Å². The number of rotatable bonds is 21. The second kappa shape index (κ2) is 21.4. The second-order valence-electron chi connectivity index (χ2n) is 14.5. The van der Waals surface area contributed by atoms with Crippen LogP contribution in [0.3, 0.4) is 0 Å². The zero-order valence-electron chi connectivity index (χ0n) is 31.0. The summed E-state index contributed by atoms with van der Waals surface area (Å²) in [7, 11) is 0. The molecule has 0 aromatic heterocycles. The summed E-state index contributed by atoms with van der Waals surface area (Å²) >= 11 is 0. The van der Waals surface area contributed by atoms with E-state index in [4.69, 9.17) is 0 Å². The zero-order valence-corrected chi connectivity index (χ0v) is 31.0. The third-order valence-electron chi connectivity index (χ3n) is 10.5. The van der Waals surface area contributed by atoms with Crippen molar-refractivity contribution in [3.63, 3.8) is 0 Å². The van der Waals surface area contributed by atoms with E-state index in [0.29, 0.717) is 6.54 Å². The number of likely N-dealkylation sites (tertiary alicyclic amines) is 1. The highest BCUT2D eigenvalue weighted by molar-refractivity contribution is 5.96. The Morgan fingerprint density at radius 1 is 0.729 bits per heavy atom. The Labute approximate surface area is 292 Å². The Kier molecular flexibility index (Phi) is 17.7. The molecule has 2 aromatic carbocycles. The number of amides is 2. The van der Waals surface area contributed by atoms with Crippen LogP contribution in [0.5, 0.6) is 0 Å². The van der Waals surface area contributed by atoms with Crippen LogP contribution in [0.2, 0.25) is 0 Å². The zero-order chi connectivity index (χ0) is 34.8. The van der Waals surface area contributed by atoms with Gasteiger partial charge in [0.05, 0.1) is 25.7 Å². The fraction of sp³-hybridized carbons (Fsp3) is 0.659. The van der Waals surface area contributed by atoms with E-state index in [1.807, 2.05) is 12.1 Å². The van der Waals surface area contributed by atoms with Gasteiger partial charge in [-0.05, 0) is 121 Å². The molecule has 0 bridgehead atoms. The first-order valence-corrected chi connectivity index (χ1v) is 19.1. The van der Waals surface area contributed by atoms with Gasteiger partial charge in [0.25, 0.3) is 5.91 Å². The minimum atomic E-state index is -0.0546. The highest BCUT2D eigenvalue weighted by Crippen LogP contribution is 2.24. The van der Waals surface area contributed by atoms with E-state index in [2.05, 4.69) is 74.4 Å². The quantitative estimate of drug-likeness (QED) is 0.0925. The van der Waals surface area contributed by atoms with Gasteiger partial charge in [-0.15, -0.1) is 0 Å². The lowest BCUT2D eigenvalue weighted by Crippen LogP contribution is -2.54. The van der Waals surface area contributed by atoms with Gasteiger partial charge in [0, 0.05) is 18.0 Å². The maximum atomic E-state index is 13.5. The lowest BCUT2D eigenvalue weighted by molar-refractivity contribution is -0.921. The number of aryl methyl sites for hydroxylation is 4. The number of para-hydroxylation sites is 2. The number of hydrogen-bond donors (Lipinski definition) is 3. The molecule has 2 atom stereocenters. The van der Waals surface area contributed by atoms with Crippen LogP contribution in [-0.4, -0.2) is 78.2 Å². The van der Waals surface area contributed by atoms with Crippen molar-refractivity contribution in [3.05, 3.63) is 58.7 Å². The molecule has 1 heterocycles. The Morgan fingerprint density at radius 2 is 1.27 bits per heavy atom.